The predicted molar refractivity (Wildman–Crippen MR) is 98.3 cm³/mol. The van der Waals surface area contributed by atoms with Gasteiger partial charge in [-0.2, -0.15) is 0 Å². The Hall–Kier alpha value is -2.60. The molecular formula is C20H24N2O4. The highest BCUT2D eigenvalue weighted by Crippen LogP contribution is 2.31. The molecule has 0 spiro atoms. The minimum Gasteiger partial charge on any atom is -0.493 e. The summed E-state index contributed by atoms with van der Waals surface area (Å²) in [6.45, 7) is 2.78. The lowest BCUT2D eigenvalue weighted by molar-refractivity contribution is -0.126. The van der Waals surface area contributed by atoms with E-state index in [2.05, 4.69) is 10.3 Å². The van der Waals surface area contributed by atoms with Gasteiger partial charge in [0.05, 0.1) is 13.7 Å². The normalized spacial score (nSPS) is 14.5. The Morgan fingerprint density at radius 1 is 1.31 bits per heavy atom. The fourth-order valence-corrected chi connectivity index (χ4v) is 2.40. The molecule has 138 valence electrons. The molecular weight excluding hydrogens is 332 g/mol. The number of nitrogens with zero attached hydrogens (tertiary/aromatic N) is 1. The van der Waals surface area contributed by atoms with Crippen molar-refractivity contribution in [2.45, 2.75) is 32.5 Å². The molecule has 1 fully saturated rings. The summed E-state index contributed by atoms with van der Waals surface area (Å²) in [5, 5.41) is 2.86. The standard InChI is InChI=1S/C20H24N2O4/c1-14(25-12-15-5-6-15)20(23)22-17-7-8-18(24-2)19(10-17)26-13-16-4-3-9-21-11-16/h3-4,7-11,14-15H,5-6,12-13H2,1-2H3,(H,22,23). The second kappa shape index (κ2) is 8.67. The number of carbonyl (C=O) groups is 1. The topological polar surface area (TPSA) is 69.7 Å². The summed E-state index contributed by atoms with van der Waals surface area (Å²) < 4.78 is 16.8. The van der Waals surface area contributed by atoms with Gasteiger partial charge in [0.2, 0.25) is 0 Å². The van der Waals surface area contributed by atoms with Gasteiger partial charge in [-0.1, -0.05) is 6.07 Å². The van der Waals surface area contributed by atoms with Gasteiger partial charge in [0.15, 0.2) is 11.5 Å². The third-order valence-corrected chi connectivity index (χ3v) is 4.20. The molecule has 0 aliphatic heterocycles. The average molecular weight is 356 g/mol. The van der Waals surface area contributed by atoms with Crippen LogP contribution in [0.1, 0.15) is 25.3 Å². The summed E-state index contributed by atoms with van der Waals surface area (Å²) in [7, 11) is 1.58. The van der Waals surface area contributed by atoms with Crippen LogP contribution in [0.4, 0.5) is 5.69 Å². The van der Waals surface area contributed by atoms with E-state index >= 15 is 0 Å². The smallest absolute Gasteiger partial charge is 0.253 e. The van der Waals surface area contributed by atoms with Crippen LogP contribution < -0.4 is 14.8 Å². The van der Waals surface area contributed by atoms with E-state index in [9.17, 15) is 4.79 Å². The molecule has 6 nitrogen and oxygen atoms in total. The molecule has 1 aliphatic rings. The van der Waals surface area contributed by atoms with Crippen molar-refractivity contribution in [2.24, 2.45) is 5.92 Å². The zero-order valence-corrected chi connectivity index (χ0v) is 15.1. The van der Waals surface area contributed by atoms with Crippen molar-refractivity contribution in [3.63, 3.8) is 0 Å². The molecule has 1 saturated carbocycles. The fourth-order valence-electron chi connectivity index (χ4n) is 2.40. The lowest BCUT2D eigenvalue weighted by Gasteiger charge is -2.15. The lowest BCUT2D eigenvalue weighted by atomic mass is 10.2. The molecule has 0 saturated heterocycles. The number of nitrogens with one attached hydrogen (secondary N) is 1. The maximum atomic E-state index is 12.3. The van der Waals surface area contributed by atoms with Gasteiger partial charge in [0.25, 0.3) is 5.91 Å². The molecule has 1 aromatic carbocycles. The highest BCUT2D eigenvalue weighted by Gasteiger charge is 2.24. The molecule has 1 heterocycles. The fraction of sp³-hybridized carbons (Fsp3) is 0.400. The molecule has 1 amide bonds. The van der Waals surface area contributed by atoms with E-state index in [1.165, 1.54) is 12.8 Å². The summed E-state index contributed by atoms with van der Waals surface area (Å²) >= 11 is 0. The van der Waals surface area contributed by atoms with Gasteiger partial charge in [-0.15, -0.1) is 0 Å². The number of ether oxygens (including phenoxy) is 3. The Kier molecular flexibility index (Phi) is 6.07. The number of hydrogen-bond donors (Lipinski definition) is 1. The second-order valence-corrected chi connectivity index (χ2v) is 6.42. The lowest BCUT2D eigenvalue weighted by Crippen LogP contribution is -2.28. The van der Waals surface area contributed by atoms with E-state index in [1.807, 2.05) is 12.1 Å². The van der Waals surface area contributed by atoms with Gasteiger partial charge in [-0.3, -0.25) is 9.78 Å². The maximum Gasteiger partial charge on any atom is 0.253 e. The largest absolute Gasteiger partial charge is 0.493 e. The third kappa shape index (κ3) is 5.20. The van der Waals surface area contributed by atoms with E-state index in [4.69, 9.17) is 14.2 Å². The highest BCUT2D eigenvalue weighted by atomic mass is 16.5. The molecule has 2 aromatic rings. The Morgan fingerprint density at radius 3 is 2.85 bits per heavy atom. The average Bonchev–Trinajstić information content (AvgIpc) is 3.50. The molecule has 0 radical (unpaired) electrons. The molecule has 1 N–H and O–H groups in total. The van der Waals surface area contributed by atoms with Gasteiger partial charge < -0.3 is 19.5 Å². The first-order valence-corrected chi connectivity index (χ1v) is 8.78. The second-order valence-electron chi connectivity index (χ2n) is 6.42. The van der Waals surface area contributed by atoms with E-state index < -0.39 is 6.10 Å². The SMILES string of the molecule is COc1ccc(NC(=O)C(C)OCC2CC2)cc1OCc1cccnc1. The van der Waals surface area contributed by atoms with Crippen molar-refractivity contribution < 1.29 is 19.0 Å². The number of rotatable bonds is 9. The van der Waals surface area contributed by atoms with E-state index in [-0.39, 0.29) is 5.91 Å². The molecule has 0 bridgehead atoms. The molecule has 6 heteroatoms. The summed E-state index contributed by atoms with van der Waals surface area (Å²) in [6, 6.07) is 9.09. The first-order valence-electron chi connectivity index (χ1n) is 8.78. The number of aromatic nitrogens is 1. The number of carbonyl (C=O) groups excluding carboxylic acids is 1. The zero-order chi connectivity index (χ0) is 18.4. The number of anilines is 1. The van der Waals surface area contributed by atoms with Crippen LogP contribution >= 0.6 is 0 Å². The highest BCUT2D eigenvalue weighted by molar-refractivity contribution is 5.94. The van der Waals surface area contributed by atoms with Crippen molar-refractivity contribution in [3.8, 4) is 11.5 Å². The minimum atomic E-state index is -0.488. The maximum absolute atomic E-state index is 12.3. The number of pyridine rings is 1. The van der Waals surface area contributed by atoms with Crippen LogP contribution in [-0.4, -0.2) is 30.7 Å². The van der Waals surface area contributed by atoms with E-state index in [0.717, 1.165) is 5.56 Å². The van der Waals surface area contributed by atoms with Crippen LogP contribution in [0.3, 0.4) is 0 Å². The van der Waals surface area contributed by atoms with Crippen molar-refractivity contribution in [1.82, 2.24) is 4.98 Å². The van der Waals surface area contributed by atoms with Gasteiger partial charge in [0, 0.05) is 29.7 Å². The number of hydrogen-bond acceptors (Lipinski definition) is 5. The summed E-state index contributed by atoms with van der Waals surface area (Å²) in [5.74, 6) is 1.61. The molecule has 26 heavy (non-hydrogen) atoms. The van der Waals surface area contributed by atoms with Crippen LogP contribution in [0.5, 0.6) is 11.5 Å². The first-order chi connectivity index (χ1) is 12.7. The summed E-state index contributed by atoms with van der Waals surface area (Å²) in [5.41, 5.74) is 1.59. The van der Waals surface area contributed by atoms with Crippen LogP contribution in [0.2, 0.25) is 0 Å². The number of methoxy groups -OCH3 is 1. The van der Waals surface area contributed by atoms with Crippen molar-refractivity contribution in [3.05, 3.63) is 48.3 Å². The molecule has 1 aliphatic carbocycles. The molecule has 1 unspecified atom stereocenters. The Labute approximate surface area is 153 Å². The van der Waals surface area contributed by atoms with Crippen LogP contribution in [-0.2, 0) is 16.1 Å². The third-order valence-electron chi connectivity index (χ3n) is 4.20. The zero-order valence-electron chi connectivity index (χ0n) is 15.1. The van der Waals surface area contributed by atoms with Gasteiger partial charge >= 0.3 is 0 Å². The molecule has 3 rings (SSSR count). The quantitative estimate of drug-likeness (QED) is 0.745. The van der Waals surface area contributed by atoms with E-state index in [0.29, 0.717) is 36.3 Å². The predicted octanol–water partition coefficient (Wildman–Crippen LogP) is 3.42. The minimum absolute atomic E-state index is 0.172. The van der Waals surface area contributed by atoms with Crippen LogP contribution in [0, 0.1) is 5.92 Å². The van der Waals surface area contributed by atoms with Gasteiger partial charge in [-0.25, -0.2) is 0 Å². The van der Waals surface area contributed by atoms with Crippen LogP contribution in [0.15, 0.2) is 42.7 Å². The number of amides is 1. The molecule has 1 atom stereocenters. The Morgan fingerprint density at radius 2 is 2.15 bits per heavy atom. The summed E-state index contributed by atoms with van der Waals surface area (Å²) in [4.78, 5) is 16.3. The molecule has 1 aromatic heterocycles. The Balaban J connectivity index is 1.61. The van der Waals surface area contributed by atoms with Crippen molar-refractivity contribution in [1.29, 1.82) is 0 Å². The summed E-state index contributed by atoms with van der Waals surface area (Å²) in [6.07, 6.45) is 5.37. The van der Waals surface area contributed by atoms with E-state index in [1.54, 1.807) is 44.6 Å². The van der Waals surface area contributed by atoms with Crippen molar-refractivity contribution >= 4 is 11.6 Å². The van der Waals surface area contributed by atoms with Crippen LogP contribution in [0.25, 0.3) is 0 Å². The van der Waals surface area contributed by atoms with Crippen molar-refractivity contribution in [2.75, 3.05) is 19.0 Å². The first kappa shape index (κ1) is 18.2. The Bertz CT molecular complexity index is 732. The monoisotopic (exact) mass is 356 g/mol. The van der Waals surface area contributed by atoms with Gasteiger partial charge in [0.1, 0.15) is 12.7 Å². The van der Waals surface area contributed by atoms with Gasteiger partial charge in [-0.05, 0) is 43.9 Å². The number of benzene rings is 1.